The lowest BCUT2D eigenvalue weighted by molar-refractivity contribution is 0.0953. The van der Waals surface area contributed by atoms with Crippen molar-refractivity contribution in [2.75, 3.05) is 13.2 Å². The lowest BCUT2D eigenvalue weighted by Crippen LogP contribution is -2.27. The Kier molecular flexibility index (Phi) is 6.49. The fourth-order valence-corrected chi connectivity index (χ4v) is 4.59. The van der Waals surface area contributed by atoms with Gasteiger partial charge in [0.2, 0.25) is 0 Å². The van der Waals surface area contributed by atoms with Gasteiger partial charge in [-0.25, -0.2) is 4.98 Å². The minimum atomic E-state index is -0.0514. The number of fused-ring (bicyclic) bond motifs is 2. The molecular formula is C30H29N3O2. The Morgan fingerprint density at radius 2 is 1.74 bits per heavy atom. The maximum absolute atomic E-state index is 12.7. The largest absolute Gasteiger partial charge is 0.491 e. The minimum absolute atomic E-state index is 0.0514. The predicted octanol–water partition coefficient (Wildman–Crippen LogP) is 5.86. The number of ether oxygens (including phenoxy) is 1. The van der Waals surface area contributed by atoms with Crippen molar-refractivity contribution in [1.82, 2.24) is 14.9 Å². The maximum Gasteiger partial charge on any atom is 0.251 e. The summed E-state index contributed by atoms with van der Waals surface area (Å²) in [5, 5.41) is 5.33. The molecule has 1 amide bonds. The fraction of sp³-hybridized carbons (Fsp3) is 0.200. The van der Waals surface area contributed by atoms with Crippen molar-refractivity contribution in [3.05, 3.63) is 107 Å². The normalized spacial score (nSPS) is 11.1. The van der Waals surface area contributed by atoms with E-state index in [-0.39, 0.29) is 5.91 Å². The summed E-state index contributed by atoms with van der Waals surface area (Å²) in [6, 6.07) is 28.4. The molecule has 0 aliphatic heterocycles. The standard InChI is InChI=1S/C30H29N3O2/c1-21-14-15-24(22(2)20-21)30(34)31-17-16-29-32-26-11-5-6-12-27(26)33(29)18-19-35-28-13-7-9-23-8-3-4-10-25(23)28/h3-15,20H,16-19H2,1-2H3,(H,31,34). The van der Waals surface area contributed by atoms with Crippen LogP contribution in [-0.4, -0.2) is 28.6 Å². The number of rotatable bonds is 8. The summed E-state index contributed by atoms with van der Waals surface area (Å²) in [7, 11) is 0. The Balaban J connectivity index is 1.28. The van der Waals surface area contributed by atoms with Crippen molar-refractivity contribution in [1.29, 1.82) is 0 Å². The van der Waals surface area contributed by atoms with E-state index in [0.29, 0.717) is 31.7 Å². The van der Waals surface area contributed by atoms with Gasteiger partial charge >= 0.3 is 0 Å². The van der Waals surface area contributed by atoms with Crippen LogP contribution in [0.4, 0.5) is 0 Å². The van der Waals surface area contributed by atoms with E-state index in [1.807, 2.05) is 74.5 Å². The molecule has 35 heavy (non-hydrogen) atoms. The number of hydrogen-bond donors (Lipinski definition) is 1. The van der Waals surface area contributed by atoms with Crippen LogP contribution < -0.4 is 10.1 Å². The zero-order chi connectivity index (χ0) is 24.2. The topological polar surface area (TPSA) is 56.2 Å². The molecule has 1 aromatic heterocycles. The Bertz CT molecular complexity index is 1500. The average molecular weight is 464 g/mol. The SMILES string of the molecule is Cc1ccc(C(=O)NCCc2nc3ccccc3n2CCOc2cccc3ccccc23)c(C)c1. The molecule has 0 fully saturated rings. The molecule has 0 aliphatic rings. The second-order valence-corrected chi connectivity index (χ2v) is 8.82. The van der Waals surface area contributed by atoms with Crippen molar-refractivity contribution in [2.24, 2.45) is 0 Å². The van der Waals surface area contributed by atoms with Crippen LogP contribution in [0.5, 0.6) is 5.75 Å². The van der Waals surface area contributed by atoms with Gasteiger partial charge in [0.15, 0.2) is 0 Å². The zero-order valence-electron chi connectivity index (χ0n) is 20.1. The van der Waals surface area contributed by atoms with Gasteiger partial charge in [-0.05, 0) is 49.1 Å². The van der Waals surface area contributed by atoms with Crippen molar-refractivity contribution in [3.8, 4) is 5.75 Å². The minimum Gasteiger partial charge on any atom is -0.491 e. The molecule has 0 spiro atoms. The summed E-state index contributed by atoms with van der Waals surface area (Å²) in [5.41, 5.74) is 4.88. The average Bonchev–Trinajstić information content (AvgIpc) is 3.21. The van der Waals surface area contributed by atoms with Gasteiger partial charge in [0, 0.05) is 23.9 Å². The van der Waals surface area contributed by atoms with Gasteiger partial charge in [-0.1, -0.05) is 66.2 Å². The molecule has 1 N–H and O–H groups in total. The summed E-state index contributed by atoms with van der Waals surface area (Å²) in [4.78, 5) is 17.5. The third-order valence-corrected chi connectivity index (χ3v) is 6.32. The van der Waals surface area contributed by atoms with Crippen LogP contribution in [0.3, 0.4) is 0 Å². The molecule has 5 rings (SSSR count). The first-order chi connectivity index (χ1) is 17.1. The molecule has 5 aromatic rings. The molecule has 176 valence electrons. The third kappa shape index (κ3) is 4.90. The second kappa shape index (κ2) is 10.0. The summed E-state index contributed by atoms with van der Waals surface area (Å²) in [6.45, 7) is 5.71. The van der Waals surface area contributed by atoms with E-state index in [1.54, 1.807) is 0 Å². The van der Waals surface area contributed by atoms with Crippen LogP contribution in [-0.2, 0) is 13.0 Å². The number of nitrogens with zero attached hydrogens (tertiary/aromatic N) is 2. The van der Waals surface area contributed by atoms with Gasteiger partial charge < -0.3 is 14.6 Å². The van der Waals surface area contributed by atoms with Crippen LogP contribution in [0, 0.1) is 13.8 Å². The number of benzene rings is 4. The number of imidazole rings is 1. The second-order valence-electron chi connectivity index (χ2n) is 8.82. The van der Waals surface area contributed by atoms with Crippen molar-refractivity contribution < 1.29 is 9.53 Å². The van der Waals surface area contributed by atoms with Crippen molar-refractivity contribution in [3.63, 3.8) is 0 Å². The van der Waals surface area contributed by atoms with Crippen LogP contribution in [0.1, 0.15) is 27.3 Å². The predicted molar refractivity (Wildman–Crippen MR) is 141 cm³/mol. The van der Waals surface area contributed by atoms with Crippen LogP contribution in [0.2, 0.25) is 0 Å². The quantitative estimate of drug-likeness (QED) is 0.314. The first kappa shape index (κ1) is 22.7. The van der Waals surface area contributed by atoms with Gasteiger partial charge in [-0.2, -0.15) is 0 Å². The van der Waals surface area contributed by atoms with Crippen molar-refractivity contribution >= 4 is 27.7 Å². The number of hydrogen-bond acceptors (Lipinski definition) is 3. The molecular weight excluding hydrogens is 434 g/mol. The van der Waals surface area contributed by atoms with E-state index in [4.69, 9.17) is 9.72 Å². The van der Waals surface area contributed by atoms with Crippen LogP contribution >= 0.6 is 0 Å². The first-order valence-electron chi connectivity index (χ1n) is 12.0. The number of para-hydroxylation sites is 2. The van der Waals surface area contributed by atoms with E-state index in [9.17, 15) is 4.79 Å². The van der Waals surface area contributed by atoms with Crippen LogP contribution in [0.15, 0.2) is 84.9 Å². The van der Waals surface area contributed by atoms with E-state index in [2.05, 4.69) is 34.1 Å². The van der Waals surface area contributed by atoms with E-state index in [1.165, 1.54) is 5.39 Å². The Morgan fingerprint density at radius 3 is 2.63 bits per heavy atom. The molecule has 0 radical (unpaired) electrons. The molecule has 4 aromatic carbocycles. The number of carbonyl (C=O) groups is 1. The molecule has 0 atom stereocenters. The Hall–Kier alpha value is -4.12. The molecule has 5 heteroatoms. The van der Waals surface area contributed by atoms with E-state index in [0.717, 1.165) is 39.1 Å². The fourth-order valence-electron chi connectivity index (χ4n) is 4.59. The summed E-state index contributed by atoms with van der Waals surface area (Å²) >= 11 is 0. The van der Waals surface area contributed by atoms with Gasteiger partial charge in [0.1, 0.15) is 18.2 Å². The molecule has 0 unspecified atom stereocenters. The van der Waals surface area contributed by atoms with E-state index < -0.39 is 0 Å². The number of carbonyl (C=O) groups excluding carboxylic acids is 1. The van der Waals surface area contributed by atoms with Gasteiger partial charge in [0.25, 0.3) is 5.91 Å². The lowest BCUT2D eigenvalue weighted by Gasteiger charge is -2.13. The molecule has 0 saturated carbocycles. The summed E-state index contributed by atoms with van der Waals surface area (Å²) < 4.78 is 8.40. The van der Waals surface area contributed by atoms with Crippen molar-refractivity contribution in [2.45, 2.75) is 26.8 Å². The zero-order valence-corrected chi connectivity index (χ0v) is 20.1. The van der Waals surface area contributed by atoms with Crippen LogP contribution in [0.25, 0.3) is 21.8 Å². The number of aromatic nitrogens is 2. The lowest BCUT2D eigenvalue weighted by atomic mass is 10.1. The first-order valence-corrected chi connectivity index (χ1v) is 12.0. The smallest absolute Gasteiger partial charge is 0.251 e. The highest BCUT2D eigenvalue weighted by molar-refractivity contribution is 5.95. The molecule has 0 aliphatic carbocycles. The number of amides is 1. The molecule has 0 saturated heterocycles. The highest BCUT2D eigenvalue weighted by Crippen LogP contribution is 2.25. The third-order valence-electron chi connectivity index (χ3n) is 6.32. The molecule has 5 nitrogen and oxygen atoms in total. The Labute approximate surface area is 205 Å². The molecule has 1 heterocycles. The number of nitrogens with one attached hydrogen (secondary N) is 1. The number of aryl methyl sites for hydroxylation is 2. The van der Waals surface area contributed by atoms with E-state index >= 15 is 0 Å². The van der Waals surface area contributed by atoms with Gasteiger partial charge in [0.05, 0.1) is 17.6 Å². The summed E-state index contributed by atoms with van der Waals surface area (Å²) in [6.07, 6.45) is 0.638. The monoisotopic (exact) mass is 463 g/mol. The highest BCUT2D eigenvalue weighted by Gasteiger charge is 2.13. The van der Waals surface area contributed by atoms with Gasteiger partial charge in [-0.3, -0.25) is 4.79 Å². The molecule has 0 bridgehead atoms. The highest BCUT2D eigenvalue weighted by atomic mass is 16.5. The Morgan fingerprint density at radius 1 is 0.943 bits per heavy atom. The maximum atomic E-state index is 12.7. The van der Waals surface area contributed by atoms with Gasteiger partial charge in [-0.15, -0.1) is 0 Å². The summed E-state index contributed by atoms with van der Waals surface area (Å²) in [5.74, 6) is 1.77.